The third kappa shape index (κ3) is 7.18. The SMILES string of the molecule is CCCC(=O)N[C@H](NC(=S)Nc1ccccc1)C(Cl)(Cl)Cl. The minimum atomic E-state index is -1.73. The van der Waals surface area contributed by atoms with E-state index < -0.39 is 9.96 Å². The molecule has 4 nitrogen and oxygen atoms in total. The topological polar surface area (TPSA) is 53.2 Å². The Balaban J connectivity index is 2.64. The van der Waals surface area contributed by atoms with Crippen molar-refractivity contribution in [1.29, 1.82) is 0 Å². The maximum atomic E-state index is 11.6. The predicted molar refractivity (Wildman–Crippen MR) is 92.9 cm³/mol. The van der Waals surface area contributed by atoms with Gasteiger partial charge in [-0.1, -0.05) is 59.9 Å². The van der Waals surface area contributed by atoms with Crippen LogP contribution in [-0.2, 0) is 4.79 Å². The molecule has 0 aromatic heterocycles. The smallest absolute Gasteiger partial charge is 0.228 e. The molecule has 3 N–H and O–H groups in total. The fourth-order valence-corrected chi connectivity index (χ4v) is 2.04. The van der Waals surface area contributed by atoms with Crippen molar-refractivity contribution in [3.63, 3.8) is 0 Å². The second-order valence-corrected chi connectivity index (χ2v) is 7.03. The molecule has 21 heavy (non-hydrogen) atoms. The van der Waals surface area contributed by atoms with Gasteiger partial charge in [-0.15, -0.1) is 0 Å². The van der Waals surface area contributed by atoms with Gasteiger partial charge in [-0.2, -0.15) is 0 Å². The Morgan fingerprint density at radius 1 is 1.24 bits per heavy atom. The van der Waals surface area contributed by atoms with Gasteiger partial charge in [0.05, 0.1) is 0 Å². The van der Waals surface area contributed by atoms with Gasteiger partial charge in [-0.3, -0.25) is 4.79 Å². The highest BCUT2D eigenvalue weighted by Gasteiger charge is 2.34. The van der Waals surface area contributed by atoms with E-state index in [2.05, 4.69) is 16.0 Å². The van der Waals surface area contributed by atoms with Crippen LogP contribution in [0.25, 0.3) is 0 Å². The number of thiocarbonyl (C=S) groups is 1. The van der Waals surface area contributed by atoms with E-state index in [0.29, 0.717) is 12.8 Å². The number of hydrogen-bond acceptors (Lipinski definition) is 2. The van der Waals surface area contributed by atoms with E-state index in [1.807, 2.05) is 37.3 Å². The molecule has 1 aromatic carbocycles. The molecule has 8 heteroatoms. The molecule has 0 saturated heterocycles. The van der Waals surface area contributed by atoms with Gasteiger partial charge < -0.3 is 16.0 Å². The van der Waals surface area contributed by atoms with Crippen LogP contribution >= 0.6 is 47.0 Å². The largest absolute Gasteiger partial charge is 0.339 e. The summed E-state index contributed by atoms with van der Waals surface area (Å²) in [5, 5.41) is 8.58. The highest BCUT2D eigenvalue weighted by Crippen LogP contribution is 2.29. The first-order valence-electron chi connectivity index (χ1n) is 6.31. The number of amides is 1. The van der Waals surface area contributed by atoms with Crippen LogP contribution in [0.15, 0.2) is 30.3 Å². The summed E-state index contributed by atoms with van der Waals surface area (Å²) >= 11 is 22.7. The molecule has 0 saturated carbocycles. The Bertz CT molecular complexity index is 479. The van der Waals surface area contributed by atoms with E-state index in [4.69, 9.17) is 47.0 Å². The van der Waals surface area contributed by atoms with E-state index in [1.54, 1.807) is 0 Å². The number of carbonyl (C=O) groups excluding carboxylic acids is 1. The van der Waals surface area contributed by atoms with Gasteiger partial charge in [0, 0.05) is 12.1 Å². The molecule has 1 atom stereocenters. The Kier molecular flexibility index (Phi) is 7.52. The molecule has 0 aliphatic carbocycles. The van der Waals surface area contributed by atoms with Gasteiger partial charge in [0.1, 0.15) is 6.17 Å². The van der Waals surface area contributed by atoms with Crippen LogP contribution in [0.3, 0.4) is 0 Å². The first-order chi connectivity index (χ1) is 9.82. The maximum Gasteiger partial charge on any atom is 0.228 e. The van der Waals surface area contributed by atoms with E-state index in [1.165, 1.54) is 0 Å². The number of benzene rings is 1. The predicted octanol–water partition coefficient (Wildman–Crippen LogP) is 3.59. The van der Waals surface area contributed by atoms with Crippen molar-refractivity contribution in [1.82, 2.24) is 10.6 Å². The highest BCUT2D eigenvalue weighted by atomic mass is 35.6. The van der Waals surface area contributed by atoms with Crippen molar-refractivity contribution in [2.45, 2.75) is 29.7 Å². The van der Waals surface area contributed by atoms with Crippen LogP contribution in [0.4, 0.5) is 5.69 Å². The van der Waals surface area contributed by atoms with Crippen LogP contribution in [0.5, 0.6) is 0 Å². The molecule has 1 amide bonds. The fraction of sp³-hybridized carbons (Fsp3) is 0.385. The van der Waals surface area contributed by atoms with Crippen molar-refractivity contribution in [3.05, 3.63) is 30.3 Å². The van der Waals surface area contributed by atoms with Crippen LogP contribution < -0.4 is 16.0 Å². The standard InChI is InChI=1S/C13H16Cl3N3OS/c1-2-6-10(20)18-11(13(14,15)16)19-12(21)17-9-7-4-3-5-8-9/h3-5,7-8,11H,2,6H2,1H3,(H,18,20)(H2,17,19,21)/t11-/m1/s1. The lowest BCUT2D eigenvalue weighted by Crippen LogP contribution is -2.56. The lowest BCUT2D eigenvalue weighted by atomic mass is 10.3. The number of nitrogens with one attached hydrogen (secondary N) is 3. The summed E-state index contributed by atoms with van der Waals surface area (Å²) in [6.45, 7) is 1.89. The summed E-state index contributed by atoms with van der Waals surface area (Å²) < 4.78 is -1.73. The van der Waals surface area contributed by atoms with Crippen molar-refractivity contribution in [2.75, 3.05) is 5.32 Å². The molecule has 116 valence electrons. The molecule has 0 radical (unpaired) electrons. The summed E-state index contributed by atoms with van der Waals surface area (Å²) in [5.74, 6) is -0.219. The second-order valence-electron chi connectivity index (χ2n) is 4.26. The number of para-hydroxylation sites is 1. The molecule has 0 heterocycles. The first kappa shape index (κ1) is 18.3. The number of anilines is 1. The van der Waals surface area contributed by atoms with E-state index in [0.717, 1.165) is 5.69 Å². The summed E-state index contributed by atoms with van der Waals surface area (Å²) in [6, 6.07) is 9.29. The Morgan fingerprint density at radius 2 is 1.86 bits per heavy atom. The molecule has 0 spiro atoms. The Hall–Kier alpha value is -0.750. The third-order valence-electron chi connectivity index (χ3n) is 2.42. The zero-order valence-electron chi connectivity index (χ0n) is 11.3. The van der Waals surface area contributed by atoms with E-state index >= 15 is 0 Å². The Morgan fingerprint density at radius 3 is 2.38 bits per heavy atom. The number of hydrogen-bond donors (Lipinski definition) is 3. The minimum absolute atomic E-state index is 0.219. The van der Waals surface area contributed by atoms with Gasteiger partial charge in [-0.05, 0) is 30.8 Å². The molecule has 0 aliphatic heterocycles. The van der Waals surface area contributed by atoms with Crippen molar-refractivity contribution < 1.29 is 4.79 Å². The lowest BCUT2D eigenvalue weighted by molar-refractivity contribution is -0.121. The summed E-state index contributed by atoms with van der Waals surface area (Å²) in [4.78, 5) is 11.6. The highest BCUT2D eigenvalue weighted by molar-refractivity contribution is 7.80. The number of rotatable bonds is 5. The van der Waals surface area contributed by atoms with E-state index in [-0.39, 0.29) is 11.0 Å². The van der Waals surface area contributed by atoms with Gasteiger partial charge in [0.25, 0.3) is 0 Å². The van der Waals surface area contributed by atoms with Crippen molar-refractivity contribution in [3.8, 4) is 0 Å². The normalized spacial score (nSPS) is 12.4. The first-order valence-corrected chi connectivity index (χ1v) is 7.85. The summed E-state index contributed by atoms with van der Waals surface area (Å²) in [6.07, 6.45) is 0.119. The summed E-state index contributed by atoms with van der Waals surface area (Å²) in [5.41, 5.74) is 0.790. The second kappa shape index (κ2) is 8.63. The van der Waals surface area contributed by atoms with Crippen molar-refractivity contribution in [2.24, 2.45) is 0 Å². The molecular formula is C13H16Cl3N3OS. The van der Waals surface area contributed by atoms with Gasteiger partial charge in [-0.25, -0.2) is 0 Å². The van der Waals surface area contributed by atoms with Crippen LogP contribution in [0.2, 0.25) is 0 Å². The quantitative estimate of drug-likeness (QED) is 0.422. The van der Waals surface area contributed by atoms with Gasteiger partial charge in [0.15, 0.2) is 5.11 Å². The average molecular weight is 369 g/mol. The molecular weight excluding hydrogens is 353 g/mol. The number of halogens is 3. The zero-order chi connectivity index (χ0) is 15.9. The van der Waals surface area contributed by atoms with E-state index in [9.17, 15) is 4.79 Å². The molecule has 1 aromatic rings. The molecule has 0 fully saturated rings. The molecule has 0 unspecified atom stereocenters. The van der Waals surface area contributed by atoms with Crippen LogP contribution in [0, 0.1) is 0 Å². The van der Waals surface area contributed by atoms with Crippen LogP contribution in [0.1, 0.15) is 19.8 Å². The minimum Gasteiger partial charge on any atom is -0.339 e. The third-order valence-corrected chi connectivity index (χ3v) is 3.29. The molecule has 1 rings (SSSR count). The number of carbonyl (C=O) groups is 1. The Labute approximate surface area is 144 Å². The number of alkyl halides is 3. The monoisotopic (exact) mass is 367 g/mol. The van der Waals surface area contributed by atoms with Gasteiger partial charge >= 0.3 is 0 Å². The molecule has 0 bridgehead atoms. The summed E-state index contributed by atoms with van der Waals surface area (Å²) in [7, 11) is 0. The lowest BCUT2D eigenvalue weighted by Gasteiger charge is -2.27. The average Bonchev–Trinajstić information content (AvgIpc) is 2.38. The maximum absolute atomic E-state index is 11.6. The zero-order valence-corrected chi connectivity index (χ0v) is 14.4. The molecule has 0 aliphatic rings. The fourth-order valence-electron chi connectivity index (χ4n) is 1.48. The van der Waals surface area contributed by atoms with Crippen molar-refractivity contribution >= 4 is 63.7 Å². The van der Waals surface area contributed by atoms with Crippen LogP contribution in [-0.4, -0.2) is 21.0 Å². The van der Waals surface area contributed by atoms with Gasteiger partial charge in [0.2, 0.25) is 9.70 Å².